The van der Waals surface area contributed by atoms with E-state index in [-0.39, 0.29) is 5.56 Å². The van der Waals surface area contributed by atoms with Crippen molar-refractivity contribution in [1.29, 1.82) is 0 Å². The zero-order chi connectivity index (χ0) is 17.7. The molecule has 0 amide bonds. The lowest BCUT2D eigenvalue weighted by Gasteiger charge is -2.24. The molecule has 1 aliphatic carbocycles. The monoisotopic (exact) mass is 369 g/mol. The van der Waals surface area contributed by atoms with Gasteiger partial charge in [-0.15, -0.1) is 11.3 Å². The van der Waals surface area contributed by atoms with Crippen LogP contribution >= 0.6 is 11.3 Å². The van der Waals surface area contributed by atoms with E-state index in [0.29, 0.717) is 12.6 Å². The van der Waals surface area contributed by atoms with Gasteiger partial charge in [-0.05, 0) is 45.1 Å². The van der Waals surface area contributed by atoms with Crippen molar-refractivity contribution < 1.29 is 0 Å². The highest BCUT2D eigenvalue weighted by Crippen LogP contribution is 2.34. The zero-order valence-electron chi connectivity index (χ0n) is 15.0. The maximum Gasteiger partial charge on any atom is 0.258 e. The van der Waals surface area contributed by atoms with Crippen LogP contribution in [-0.2, 0) is 26.4 Å². The van der Waals surface area contributed by atoms with E-state index in [0.717, 1.165) is 36.5 Å². The number of likely N-dealkylation sites (tertiary alicyclic amines) is 1. The lowest BCUT2D eigenvalue weighted by Crippen LogP contribution is -2.26. The summed E-state index contributed by atoms with van der Waals surface area (Å²) in [6, 6.07) is 2.01. The van der Waals surface area contributed by atoms with Crippen molar-refractivity contribution in [3.63, 3.8) is 0 Å². The number of nitrogens with zero attached hydrogens (tertiary/aromatic N) is 5. The van der Waals surface area contributed by atoms with Crippen LogP contribution in [0.1, 0.15) is 54.6 Å². The number of hydrogen-bond acceptors (Lipinski definition) is 5. The Bertz CT molecular complexity index is 1020. The van der Waals surface area contributed by atoms with Crippen molar-refractivity contribution in [3.05, 3.63) is 50.9 Å². The van der Waals surface area contributed by atoms with Gasteiger partial charge in [-0.3, -0.25) is 14.1 Å². The molecule has 6 nitrogen and oxygen atoms in total. The van der Waals surface area contributed by atoms with Crippen LogP contribution in [0.15, 0.2) is 22.4 Å². The first-order valence-corrected chi connectivity index (χ1v) is 10.3. The van der Waals surface area contributed by atoms with Crippen LogP contribution in [-0.4, -0.2) is 30.4 Å². The summed E-state index contributed by atoms with van der Waals surface area (Å²) >= 11 is 1.51. The molecule has 26 heavy (non-hydrogen) atoms. The normalized spacial score (nSPS) is 20.7. The maximum absolute atomic E-state index is 12.3. The van der Waals surface area contributed by atoms with Gasteiger partial charge in [-0.1, -0.05) is 0 Å². The second kappa shape index (κ2) is 6.32. The Labute approximate surface area is 156 Å². The predicted molar refractivity (Wildman–Crippen MR) is 102 cm³/mol. The molecule has 0 radical (unpaired) electrons. The Morgan fingerprint density at radius 2 is 2.12 bits per heavy atom. The Balaban J connectivity index is 1.45. The highest BCUT2D eigenvalue weighted by molar-refractivity contribution is 7.15. The maximum atomic E-state index is 12.3. The number of aryl methyl sites for hydroxylation is 1. The van der Waals surface area contributed by atoms with Gasteiger partial charge in [0, 0.05) is 36.9 Å². The Hall–Kier alpha value is -1.99. The summed E-state index contributed by atoms with van der Waals surface area (Å²) in [6.45, 7) is 1.75. The van der Waals surface area contributed by atoms with Gasteiger partial charge in [0.25, 0.3) is 5.56 Å². The van der Waals surface area contributed by atoms with Gasteiger partial charge in [0.2, 0.25) is 0 Å². The fourth-order valence-corrected chi connectivity index (χ4v) is 5.23. The molecule has 7 heteroatoms. The van der Waals surface area contributed by atoms with Crippen molar-refractivity contribution in [2.75, 3.05) is 6.54 Å². The van der Waals surface area contributed by atoms with Crippen molar-refractivity contribution in [2.24, 2.45) is 7.05 Å². The molecule has 136 valence electrons. The molecule has 3 aromatic heterocycles. The van der Waals surface area contributed by atoms with Crippen LogP contribution in [0.4, 0.5) is 0 Å². The summed E-state index contributed by atoms with van der Waals surface area (Å²) < 4.78 is 3.95. The van der Waals surface area contributed by atoms with E-state index in [1.807, 2.05) is 5.38 Å². The first-order valence-electron chi connectivity index (χ1n) is 9.45. The average Bonchev–Trinajstić information content (AvgIpc) is 3.35. The topological polar surface area (TPSA) is 55.4 Å². The molecule has 0 bridgehead atoms. The fraction of sp³-hybridized carbons (Fsp3) is 0.526. The lowest BCUT2D eigenvalue weighted by atomic mass is 10.0. The minimum Gasteiger partial charge on any atom is -0.334 e. The fourth-order valence-electron chi connectivity index (χ4n) is 4.49. The minimum atomic E-state index is 0.00875. The smallest absolute Gasteiger partial charge is 0.258 e. The van der Waals surface area contributed by atoms with Gasteiger partial charge in [0.15, 0.2) is 4.96 Å². The van der Waals surface area contributed by atoms with Gasteiger partial charge < -0.3 is 4.57 Å². The molecular formula is C19H23N5OS. The Kier molecular flexibility index (Phi) is 3.94. The van der Waals surface area contributed by atoms with Crippen molar-refractivity contribution in [3.8, 4) is 0 Å². The van der Waals surface area contributed by atoms with E-state index >= 15 is 0 Å². The number of imidazole rings is 1. The highest BCUT2D eigenvalue weighted by Gasteiger charge is 2.31. The van der Waals surface area contributed by atoms with Crippen LogP contribution in [0, 0.1) is 0 Å². The molecule has 1 atom stereocenters. The molecule has 0 spiro atoms. The molecule has 4 heterocycles. The van der Waals surface area contributed by atoms with E-state index in [2.05, 4.69) is 21.5 Å². The summed E-state index contributed by atoms with van der Waals surface area (Å²) in [5.41, 5.74) is 3.60. The third-order valence-corrected chi connectivity index (χ3v) is 6.55. The van der Waals surface area contributed by atoms with Gasteiger partial charge in [0.05, 0.1) is 17.4 Å². The number of hydrogen-bond donors (Lipinski definition) is 0. The molecule has 1 fully saturated rings. The van der Waals surface area contributed by atoms with Gasteiger partial charge >= 0.3 is 0 Å². The van der Waals surface area contributed by atoms with Crippen molar-refractivity contribution >= 4 is 16.3 Å². The molecule has 0 aromatic carbocycles. The standard InChI is InChI=1S/C19H23N5OS/c1-22-15-6-3-2-5-14(15)21-18(22)16-7-4-8-23(16)12-13-11-17(25)24-9-10-26-19(24)20-13/h9-11,16H,2-8,12H2,1H3. The average molecular weight is 369 g/mol. The van der Waals surface area contributed by atoms with E-state index in [4.69, 9.17) is 4.98 Å². The molecule has 1 saturated heterocycles. The van der Waals surface area contributed by atoms with Gasteiger partial charge in [0.1, 0.15) is 5.82 Å². The Morgan fingerprint density at radius 3 is 3.00 bits per heavy atom. The lowest BCUT2D eigenvalue weighted by molar-refractivity contribution is 0.233. The van der Waals surface area contributed by atoms with E-state index in [1.54, 1.807) is 16.7 Å². The van der Waals surface area contributed by atoms with Gasteiger partial charge in [-0.25, -0.2) is 9.97 Å². The van der Waals surface area contributed by atoms with Crippen LogP contribution in [0.2, 0.25) is 0 Å². The molecule has 1 unspecified atom stereocenters. The third-order valence-electron chi connectivity index (χ3n) is 5.79. The summed E-state index contributed by atoms with van der Waals surface area (Å²) in [5, 5.41) is 1.91. The number of fused-ring (bicyclic) bond motifs is 2. The molecule has 5 rings (SSSR count). The minimum absolute atomic E-state index is 0.00875. The van der Waals surface area contributed by atoms with Crippen molar-refractivity contribution in [2.45, 2.75) is 51.1 Å². The molecule has 1 aliphatic heterocycles. The summed E-state index contributed by atoms with van der Waals surface area (Å²) in [6.07, 6.45) is 8.88. The largest absolute Gasteiger partial charge is 0.334 e. The molecule has 2 aliphatic rings. The molecule has 0 N–H and O–H groups in total. The van der Waals surface area contributed by atoms with Gasteiger partial charge in [-0.2, -0.15) is 0 Å². The molecular weight excluding hydrogens is 346 g/mol. The van der Waals surface area contributed by atoms with E-state index in [1.165, 1.54) is 47.8 Å². The van der Waals surface area contributed by atoms with Crippen LogP contribution in [0.3, 0.4) is 0 Å². The second-order valence-corrected chi connectivity index (χ2v) is 8.27. The summed E-state index contributed by atoms with van der Waals surface area (Å²) in [4.78, 5) is 25.2. The van der Waals surface area contributed by atoms with Crippen LogP contribution in [0.25, 0.3) is 4.96 Å². The summed E-state index contributed by atoms with van der Waals surface area (Å²) in [5.74, 6) is 1.20. The van der Waals surface area contributed by atoms with Crippen LogP contribution in [0.5, 0.6) is 0 Å². The first-order chi connectivity index (χ1) is 12.7. The quantitative estimate of drug-likeness (QED) is 0.712. The number of thiazole rings is 1. The number of aromatic nitrogens is 4. The predicted octanol–water partition coefficient (Wildman–Crippen LogP) is 2.71. The van der Waals surface area contributed by atoms with Crippen molar-refractivity contribution in [1.82, 2.24) is 23.8 Å². The Morgan fingerprint density at radius 1 is 1.23 bits per heavy atom. The summed E-state index contributed by atoms with van der Waals surface area (Å²) in [7, 11) is 2.17. The first kappa shape index (κ1) is 16.2. The molecule has 3 aromatic rings. The zero-order valence-corrected chi connectivity index (χ0v) is 15.8. The third kappa shape index (κ3) is 2.61. The van der Waals surface area contributed by atoms with E-state index in [9.17, 15) is 4.79 Å². The second-order valence-electron chi connectivity index (χ2n) is 7.40. The SMILES string of the molecule is Cn1c(C2CCCN2Cc2cc(=O)n3ccsc3n2)nc2c1CCCC2. The highest BCUT2D eigenvalue weighted by atomic mass is 32.1. The molecule has 0 saturated carbocycles. The van der Waals surface area contributed by atoms with Crippen LogP contribution < -0.4 is 5.56 Å². The number of rotatable bonds is 3. The van der Waals surface area contributed by atoms with E-state index < -0.39 is 0 Å².